The molecule has 0 aliphatic carbocycles. The van der Waals surface area contributed by atoms with Gasteiger partial charge < -0.3 is 15.3 Å². The molecule has 3 rings (SSSR count). The molecule has 2 aromatic rings. The van der Waals surface area contributed by atoms with Gasteiger partial charge in [-0.1, -0.05) is 19.1 Å². The predicted molar refractivity (Wildman–Crippen MR) is 103 cm³/mol. The van der Waals surface area contributed by atoms with Gasteiger partial charge in [0.25, 0.3) is 0 Å². The average Bonchev–Trinajstić information content (AvgIpc) is 2.69. The molecule has 2 N–H and O–H groups in total. The zero-order valence-corrected chi connectivity index (χ0v) is 15.4. The molecule has 1 saturated heterocycles. The van der Waals surface area contributed by atoms with Gasteiger partial charge in [-0.05, 0) is 43.4 Å². The highest BCUT2D eigenvalue weighted by molar-refractivity contribution is 5.91. The maximum absolute atomic E-state index is 12.5. The van der Waals surface area contributed by atoms with Crippen molar-refractivity contribution in [2.24, 2.45) is 5.92 Å². The van der Waals surface area contributed by atoms with Crippen LogP contribution in [0.5, 0.6) is 0 Å². The molecule has 0 spiro atoms. The summed E-state index contributed by atoms with van der Waals surface area (Å²) in [6, 6.07) is 6.58. The molecule has 1 fully saturated rings. The van der Waals surface area contributed by atoms with E-state index in [1.54, 1.807) is 36.7 Å². The van der Waals surface area contributed by atoms with Crippen molar-refractivity contribution in [1.29, 1.82) is 0 Å². The number of anilines is 2. The number of benzene rings is 1. The van der Waals surface area contributed by atoms with Crippen molar-refractivity contribution < 1.29 is 14.7 Å². The second-order valence-corrected chi connectivity index (χ2v) is 6.91. The molecule has 0 saturated carbocycles. The van der Waals surface area contributed by atoms with Gasteiger partial charge >= 0.3 is 5.97 Å². The molecular formula is C20H24N4O3. The SMILES string of the molecule is CC(Cc1ccc(C(=O)O)cc1)C(=O)Nc1cncc(N2CCCCC2)n1. The lowest BCUT2D eigenvalue weighted by Gasteiger charge is -2.27. The van der Waals surface area contributed by atoms with Crippen LogP contribution in [-0.2, 0) is 11.2 Å². The lowest BCUT2D eigenvalue weighted by Crippen LogP contribution is -2.30. The number of carbonyl (C=O) groups is 2. The molecule has 1 atom stereocenters. The minimum absolute atomic E-state index is 0.137. The number of amides is 1. The van der Waals surface area contributed by atoms with Gasteiger partial charge in [0.2, 0.25) is 5.91 Å². The Balaban J connectivity index is 1.60. The van der Waals surface area contributed by atoms with Crippen LogP contribution in [0.1, 0.15) is 42.1 Å². The molecule has 1 unspecified atom stereocenters. The summed E-state index contributed by atoms with van der Waals surface area (Å²) in [4.78, 5) is 34.3. The molecular weight excluding hydrogens is 344 g/mol. The molecule has 1 aromatic heterocycles. The smallest absolute Gasteiger partial charge is 0.335 e. The maximum Gasteiger partial charge on any atom is 0.335 e. The van der Waals surface area contributed by atoms with Crippen LogP contribution < -0.4 is 10.2 Å². The number of carboxylic acid groups (broad SMARTS) is 1. The number of aromatic carboxylic acids is 1. The first-order chi connectivity index (χ1) is 13.0. The van der Waals surface area contributed by atoms with Crippen LogP contribution in [0.15, 0.2) is 36.7 Å². The van der Waals surface area contributed by atoms with Crippen LogP contribution in [0, 0.1) is 5.92 Å². The molecule has 142 valence electrons. The third-order valence-corrected chi connectivity index (χ3v) is 4.74. The van der Waals surface area contributed by atoms with Crippen molar-refractivity contribution in [3.8, 4) is 0 Å². The van der Waals surface area contributed by atoms with Gasteiger partial charge in [0, 0.05) is 19.0 Å². The summed E-state index contributed by atoms with van der Waals surface area (Å²) in [5.74, 6) is -0.122. The summed E-state index contributed by atoms with van der Waals surface area (Å²) in [5.41, 5.74) is 1.15. The number of nitrogens with one attached hydrogen (secondary N) is 1. The summed E-state index contributed by atoms with van der Waals surface area (Å²) < 4.78 is 0. The Bertz CT molecular complexity index is 801. The Kier molecular flexibility index (Phi) is 6.01. The van der Waals surface area contributed by atoms with Crippen molar-refractivity contribution in [3.05, 3.63) is 47.8 Å². The lowest BCUT2D eigenvalue weighted by atomic mass is 9.99. The number of carboxylic acids is 1. The van der Waals surface area contributed by atoms with Crippen LogP contribution in [0.2, 0.25) is 0 Å². The standard InChI is InChI=1S/C20H24N4O3/c1-14(11-15-5-7-16(8-6-15)20(26)27)19(25)23-17-12-21-13-18(22-17)24-9-3-2-4-10-24/h5-8,12-14H,2-4,9-11H2,1H3,(H,26,27)(H,22,23,25). The quantitative estimate of drug-likeness (QED) is 0.814. The first kappa shape index (κ1) is 18.8. The highest BCUT2D eigenvalue weighted by Crippen LogP contribution is 2.19. The van der Waals surface area contributed by atoms with Crippen LogP contribution in [0.25, 0.3) is 0 Å². The van der Waals surface area contributed by atoms with Gasteiger partial charge in [0.1, 0.15) is 5.82 Å². The van der Waals surface area contributed by atoms with Gasteiger partial charge in [-0.25, -0.2) is 9.78 Å². The van der Waals surface area contributed by atoms with Crippen LogP contribution >= 0.6 is 0 Å². The molecule has 27 heavy (non-hydrogen) atoms. The van der Waals surface area contributed by atoms with E-state index >= 15 is 0 Å². The zero-order valence-electron chi connectivity index (χ0n) is 15.4. The minimum atomic E-state index is -0.959. The first-order valence-electron chi connectivity index (χ1n) is 9.23. The van der Waals surface area contributed by atoms with Crippen LogP contribution in [0.4, 0.5) is 11.6 Å². The third kappa shape index (κ3) is 5.03. The number of rotatable bonds is 6. The van der Waals surface area contributed by atoms with E-state index in [1.165, 1.54) is 6.42 Å². The van der Waals surface area contributed by atoms with Gasteiger partial charge in [0.15, 0.2) is 5.82 Å². The first-order valence-corrected chi connectivity index (χ1v) is 9.23. The van der Waals surface area contributed by atoms with E-state index in [2.05, 4.69) is 20.2 Å². The Labute approximate surface area is 158 Å². The Morgan fingerprint density at radius 3 is 2.52 bits per heavy atom. The fourth-order valence-corrected chi connectivity index (χ4v) is 3.17. The number of piperidine rings is 1. The molecule has 7 nitrogen and oxygen atoms in total. The molecule has 1 amide bonds. The summed E-state index contributed by atoms with van der Waals surface area (Å²) in [5, 5.41) is 11.8. The summed E-state index contributed by atoms with van der Waals surface area (Å²) >= 11 is 0. The number of hydrogen-bond donors (Lipinski definition) is 2. The second-order valence-electron chi connectivity index (χ2n) is 6.91. The van der Waals surface area contributed by atoms with Gasteiger partial charge in [-0.3, -0.25) is 9.78 Å². The highest BCUT2D eigenvalue weighted by atomic mass is 16.4. The Morgan fingerprint density at radius 1 is 1.15 bits per heavy atom. The van der Waals surface area contributed by atoms with E-state index in [0.29, 0.717) is 12.2 Å². The van der Waals surface area contributed by atoms with E-state index in [0.717, 1.165) is 37.3 Å². The van der Waals surface area contributed by atoms with E-state index in [4.69, 9.17) is 5.11 Å². The number of carbonyl (C=O) groups excluding carboxylic acids is 1. The molecule has 0 radical (unpaired) electrons. The molecule has 2 heterocycles. The molecule has 1 aromatic carbocycles. The number of nitrogens with zero attached hydrogens (tertiary/aromatic N) is 3. The van der Waals surface area contributed by atoms with Crippen LogP contribution in [-0.4, -0.2) is 40.0 Å². The average molecular weight is 368 g/mol. The van der Waals surface area contributed by atoms with E-state index < -0.39 is 5.97 Å². The van der Waals surface area contributed by atoms with Crippen molar-refractivity contribution in [2.75, 3.05) is 23.3 Å². The normalized spacial score (nSPS) is 15.2. The number of aromatic nitrogens is 2. The highest BCUT2D eigenvalue weighted by Gasteiger charge is 2.17. The number of hydrogen-bond acceptors (Lipinski definition) is 5. The molecule has 7 heteroatoms. The molecule has 1 aliphatic heterocycles. The summed E-state index contributed by atoms with van der Waals surface area (Å²) in [6.07, 6.45) is 7.34. The topological polar surface area (TPSA) is 95.4 Å². The van der Waals surface area contributed by atoms with Crippen LogP contribution in [0.3, 0.4) is 0 Å². The Morgan fingerprint density at radius 2 is 1.85 bits per heavy atom. The summed E-state index contributed by atoms with van der Waals surface area (Å²) in [6.45, 7) is 3.77. The zero-order chi connectivity index (χ0) is 19.2. The summed E-state index contributed by atoms with van der Waals surface area (Å²) in [7, 11) is 0. The predicted octanol–water partition coefficient (Wildman–Crippen LogP) is 2.98. The van der Waals surface area contributed by atoms with Gasteiger partial charge in [0.05, 0.1) is 18.0 Å². The van der Waals surface area contributed by atoms with Gasteiger partial charge in [-0.2, -0.15) is 0 Å². The largest absolute Gasteiger partial charge is 0.478 e. The maximum atomic E-state index is 12.5. The van der Waals surface area contributed by atoms with E-state index in [-0.39, 0.29) is 17.4 Å². The minimum Gasteiger partial charge on any atom is -0.478 e. The fraction of sp³-hybridized carbons (Fsp3) is 0.400. The lowest BCUT2D eigenvalue weighted by molar-refractivity contribution is -0.119. The van der Waals surface area contributed by atoms with E-state index in [1.807, 2.05) is 6.92 Å². The van der Waals surface area contributed by atoms with E-state index in [9.17, 15) is 9.59 Å². The second kappa shape index (κ2) is 8.62. The van der Waals surface area contributed by atoms with Crippen molar-refractivity contribution in [2.45, 2.75) is 32.6 Å². The van der Waals surface area contributed by atoms with Crippen molar-refractivity contribution in [1.82, 2.24) is 9.97 Å². The monoisotopic (exact) mass is 368 g/mol. The van der Waals surface area contributed by atoms with Crippen molar-refractivity contribution >= 4 is 23.5 Å². The fourth-order valence-electron chi connectivity index (χ4n) is 3.17. The van der Waals surface area contributed by atoms with Gasteiger partial charge in [-0.15, -0.1) is 0 Å². The molecule has 1 aliphatic rings. The third-order valence-electron chi connectivity index (χ3n) is 4.74. The molecule has 0 bridgehead atoms. The van der Waals surface area contributed by atoms with Crippen molar-refractivity contribution in [3.63, 3.8) is 0 Å². The Hall–Kier alpha value is -2.96.